The topological polar surface area (TPSA) is 67.6 Å². The maximum atomic E-state index is 11.1. The van der Waals surface area contributed by atoms with Crippen LogP contribution in [0.3, 0.4) is 0 Å². The Labute approximate surface area is 104 Å². The number of carbonyl (C=O) groups is 1. The van der Waals surface area contributed by atoms with Crippen LogP contribution in [0.5, 0.6) is 0 Å². The van der Waals surface area contributed by atoms with Gasteiger partial charge in [0.15, 0.2) is 0 Å². The predicted molar refractivity (Wildman–Crippen MR) is 67.8 cm³/mol. The van der Waals surface area contributed by atoms with Gasteiger partial charge in [0.05, 0.1) is 7.11 Å². The first-order valence-electron chi connectivity index (χ1n) is 6.33. The molecule has 1 fully saturated rings. The maximum Gasteiger partial charge on any atom is 0.407 e. The molecule has 1 rings (SSSR count). The van der Waals surface area contributed by atoms with E-state index in [1.165, 1.54) is 7.11 Å². The number of nitrogens with zero attached hydrogens (tertiary/aromatic N) is 1. The van der Waals surface area contributed by atoms with Crippen LogP contribution in [-0.4, -0.2) is 50.3 Å². The largest absolute Gasteiger partial charge is 0.453 e. The Bertz CT molecular complexity index is 246. The zero-order valence-corrected chi connectivity index (χ0v) is 11.1. The number of carbonyl (C=O) groups excluding carboxylic acids is 1. The van der Waals surface area contributed by atoms with Gasteiger partial charge in [-0.2, -0.15) is 0 Å². The molecule has 0 aromatic carbocycles. The standard InChI is InChI=1S/C12H25N3O2/c1-9(2)10(6-13)7-15-5-4-11(8-15)14-12(16)17-3/h9-11H,4-8,13H2,1-3H3,(H,14,16). The molecule has 100 valence electrons. The van der Waals surface area contributed by atoms with E-state index in [1.807, 2.05) is 0 Å². The molecule has 0 radical (unpaired) electrons. The smallest absolute Gasteiger partial charge is 0.407 e. The molecule has 2 atom stereocenters. The summed E-state index contributed by atoms with van der Waals surface area (Å²) in [4.78, 5) is 13.5. The second kappa shape index (κ2) is 6.81. The average molecular weight is 243 g/mol. The van der Waals surface area contributed by atoms with Crippen molar-refractivity contribution in [2.24, 2.45) is 17.6 Å². The molecule has 0 spiro atoms. The minimum absolute atomic E-state index is 0.216. The average Bonchev–Trinajstić information content (AvgIpc) is 2.72. The lowest BCUT2D eigenvalue weighted by Crippen LogP contribution is -2.39. The van der Waals surface area contributed by atoms with Crippen molar-refractivity contribution in [1.82, 2.24) is 10.2 Å². The van der Waals surface area contributed by atoms with Crippen LogP contribution in [0.1, 0.15) is 20.3 Å². The van der Waals surface area contributed by atoms with Crippen molar-refractivity contribution in [1.29, 1.82) is 0 Å². The van der Waals surface area contributed by atoms with Gasteiger partial charge in [-0.1, -0.05) is 13.8 Å². The van der Waals surface area contributed by atoms with E-state index in [0.29, 0.717) is 11.8 Å². The first kappa shape index (κ1) is 14.3. The fourth-order valence-electron chi connectivity index (χ4n) is 2.23. The molecule has 5 heteroatoms. The number of hydrogen-bond donors (Lipinski definition) is 2. The van der Waals surface area contributed by atoms with E-state index in [9.17, 15) is 4.79 Å². The lowest BCUT2D eigenvalue weighted by Gasteiger charge is -2.25. The zero-order chi connectivity index (χ0) is 12.8. The van der Waals surface area contributed by atoms with Crippen LogP contribution in [0.2, 0.25) is 0 Å². The maximum absolute atomic E-state index is 11.1. The van der Waals surface area contributed by atoms with Crippen molar-refractivity contribution in [2.75, 3.05) is 33.3 Å². The number of ether oxygens (including phenoxy) is 1. The summed E-state index contributed by atoms with van der Waals surface area (Å²) >= 11 is 0. The van der Waals surface area contributed by atoms with Crippen molar-refractivity contribution < 1.29 is 9.53 Å². The van der Waals surface area contributed by atoms with E-state index in [-0.39, 0.29) is 12.1 Å². The van der Waals surface area contributed by atoms with Crippen molar-refractivity contribution in [3.8, 4) is 0 Å². The van der Waals surface area contributed by atoms with E-state index in [1.54, 1.807) is 0 Å². The summed E-state index contributed by atoms with van der Waals surface area (Å²) in [6.45, 7) is 8.09. The number of rotatable bonds is 5. The van der Waals surface area contributed by atoms with Gasteiger partial charge in [0.25, 0.3) is 0 Å². The first-order chi connectivity index (χ1) is 8.06. The molecule has 1 aliphatic heterocycles. The highest BCUT2D eigenvalue weighted by Crippen LogP contribution is 2.16. The van der Waals surface area contributed by atoms with Crippen molar-refractivity contribution >= 4 is 6.09 Å². The third-order valence-electron chi connectivity index (χ3n) is 3.52. The number of methoxy groups -OCH3 is 1. The van der Waals surface area contributed by atoms with Gasteiger partial charge in [-0.3, -0.25) is 0 Å². The molecule has 1 amide bonds. The quantitative estimate of drug-likeness (QED) is 0.744. The lowest BCUT2D eigenvalue weighted by molar-refractivity contribution is 0.165. The summed E-state index contributed by atoms with van der Waals surface area (Å²) < 4.78 is 4.60. The van der Waals surface area contributed by atoms with Gasteiger partial charge in [0.2, 0.25) is 0 Å². The fraction of sp³-hybridized carbons (Fsp3) is 0.917. The lowest BCUT2D eigenvalue weighted by atomic mass is 9.95. The summed E-state index contributed by atoms with van der Waals surface area (Å²) in [5.74, 6) is 1.14. The summed E-state index contributed by atoms with van der Waals surface area (Å²) in [7, 11) is 1.39. The molecule has 0 saturated carbocycles. The van der Waals surface area contributed by atoms with Gasteiger partial charge >= 0.3 is 6.09 Å². The SMILES string of the molecule is COC(=O)NC1CCN(CC(CN)C(C)C)C1. The Kier molecular flexibility index (Phi) is 5.71. The van der Waals surface area contributed by atoms with E-state index < -0.39 is 0 Å². The van der Waals surface area contributed by atoms with Crippen LogP contribution in [-0.2, 0) is 4.74 Å². The molecular weight excluding hydrogens is 218 g/mol. The summed E-state index contributed by atoms with van der Waals surface area (Å²) in [5, 5.41) is 2.84. The van der Waals surface area contributed by atoms with Crippen molar-refractivity contribution in [2.45, 2.75) is 26.3 Å². The monoisotopic (exact) mass is 243 g/mol. The number of alkyl carbamates (subject to hydrolysis) is 1. The summed E-state index contributed by atoms with van der Waals surface area (Å²) in [6, 6.07) is 0.216. The van der Waals surface area contributed by atoms with Crippen molar-refractivity contribution in [3.05, 3.63) is 0 Å². The number of likely N-dealkylation sites (tertiary alicyclic amines) is 1. The minimum atomic E-state index is -0.337. The van der Waals surface area contributed by atoms with E-state index in [2.05, 4.69) is 28.8 Å². The summed E-state index contributed by atoms with van der Waals surface area (Å²) in [5.41, 5.74) is 5.77. The Morgan fingerprint density at radius 1 is 1.59 bits per heavy atom. The van der Waals surface area contributed by atoms with Gasteiger partial charge in [-0.25, -0.2) is 4.79 Å². The van der Waals surface area contributed by atoms with E-state index in [4.69, 9.17) is 5.73 Å². The molecule has 5 nitrogen and oxygen atoms in total. The predicted octanol–water partition coefficient (Wildman–Crippen LogP) is 0.648. The van der Waals surface area contributed by atoms with Crippen molar-refractivity contribution in [3.63, 3.8) is 0 Å². The second-order valence-electron chi connectivity index (χ2n) is 5.12. The van der Waals surface area contributed by atoms with Crippen LogP contribution in [0.15, 0.2) is 0 Å². The summed E-state index contributed by atoms with van der Waals surface area (Å²) in [6.07, 6.45) is 0.654. The molecule has 1 aliphatic rings. The van der Waals surface area contributed by atoms with Crippen LogP contribution in [0.4, 0.5) is 4.79 Å². The van der Waals surface area contributed by atoms with Gasteiger partial charge in [0.1, 0.15) is 0 Å². The molecule has 0 aromatic heterocycles. The molecule has 0 bridgehead atoms. The minimum Gasteiger partial charge on any atom is -0.453 e. The second-order valence-corrected chi connectivity index (χ2v) is 5.12. The Balaban J connectivity index is 2.32. The van der Waals surface area contributed by atoms with Gasteiger partial charge in [-0.15, -0.1) is 0 Å². The Morgan fingerprint density at radius 2 is 2.29 bits per heavy atom. The van der Waals surface area contributed by atoms with E-state index >= 15 is 0 Å². The third kappa shape index (κ3) is 4.52. The first-order valence-corrected chi connectivity index (χ1v) is 6.33. The molecular formula is C12H25N3O2. The number of nitrogens with two attached hydrogens (primary N) is 1. The van der Waals surface area contributed by atoms with Crippen LogP contribution < -0.4 is 11.1 Å². The van der Waals surface area contributed by atoms with E-state index in [0.717, 1.165) is 32.6 Å². The van der Waals surface area contributed by atoms with Crippen LogP contribution in [0, 0.1) is 11.8 Å². The van der Waals surface area contributed by atoms with Gasteiger partial charge in [-0.05, 0) is 24.8 Å². The number of nitrogens with one attached hydrogen (secondary N) is 1. The van der Waals surface area contributed by atoms with Gasteiger partial charge in [0, 0.05) is 25.7 Å². The molecule has 1 heterocycles. The zero-order valence-electron chi connectivity index (χ0n) is 11.1. The molecule has 0 aliphatic carbocycles. The molecule has 0 aromatic rings. The highest BCUT2D eigenvalue weighted by Gasteiger charge is 2.26. The number of hydrogen-bond acceptors (Lipinski definition) is 4. The normalized spacial score (nSPS) is 22.8. The number of amides is 1. The van der Waals surface area contributed by atoms with Gasteiger partial charge < -0.3 is 20.7 Å². The van der Waals surface area contributed by atoms with Crippen LogP contribution in [0.25, 0.3) is 0 Å². The molecule has 3 N–H and O–H groups in total. The third-order valence-corrected chi connectivity index (χ3v) is 3.52. The van der Waals surface area contributed by atoms with Crippen LogP contribution >= 0.6 is 0 Å². The Morgan fingerprint density at radius 3 is 2.82 bits per heavy atom. The highest BCUT2D eigenvalue weighted by atomic mass is 16.5. The molecule has 2 unspecified atom stereocenters. The highest BCUT2D eigenvalue weighted by molar-refractivity contribution is 5.67. The molecule has 1 saturated heterocycles. The fourth-order valence-corrected chi connectivity index (χ4v) is 2.23. The Hall–Kier alpha value is -0.810. The molecule has 17 heavy (non-hydrogen) atoms.